The van der Waals surface area contributed by atoms with Gasteiger partial charge in [-0.15, -0.1) is 0 Å². The van der Waals surface area contributed by atoms with Crippen molar-refractivity contribution in [3.63, 3.8) is 0 Å². The van der Waals surface area contributed by atoms with Crippen molar-refractivity contribution in [2.45, 2.75) is 11.8 Å². The molecule has 0 aliphatic rings. The van der Waals surface area contributed by atoms with Gasteiger partial charge in [0.25, 0.3) is 0 Å². The van der Waals surface area contributed by atoms with E-state index >= 15 is 0 Å². The SMILES string of the molecule is O=C(O)NC(O)(NC(=O)O)C(CO)c1ccccc1. The van der Waals surface area contributed by atoms with Crippen molar-refractivity contribution >= 4 is 12.2 Å². The van der Waals surface area contributed by atoms with Crippen molar-refractivity contribution in [2.75, 3.05) is 6.61 Å². The molecule has 8 nitrogen and oxygen atoms in total. The zero-order valence-electron chi connectivity index (χ0n) is 9.78. The first-order valence-electron chi connectivity index (χ1n) is 5.29. The Labute approximate surface area is 108 Å². The molecule has 2 amide bonds. The molecule has 1 aromatic rings. The summed E-state index contributed by atoms with van der Waals surface area (Å²) in [6.07, 6.45) is -3.27. The summed E-state index contributed by atoms with van der Waals surface area (Å²) < 4.78 is 0. The molecule has 1 unspecified atom stereocenters. The maximum Gasteiger partial charge on any atom is 0.408 e. The summed E-state index contributed by atoms with van der Waals surface area (Å²) in [6.45, 7) is -0.666. The monoisotopic (exact) mass is 270 g/mol. The smallest absolute Gasteiger partial charge is 0.408 e. The van der Waals surface area contributed by atoms with Gasteiger partial charge in [-0.3, -0.25) is 10.6 Å². The van der Waals surface area contributed by atoms with E-state index in [0.717, 1.165) is 0 Å². The van der Waals surface area contributed by atoms with E-state index in [-0.39, 0.29) is 0 Å². The van der Waals surface area contributed by atoms with Crippen LogP contribution in [0.3, 0.4) is 0 Å². The van der Waals surface area contributed by atoms with Gasteiger partial charge in [-0.25, -0.2) is 9.59 Å². The fraction of sp³-hybridized carbons (Fsp3) is 0.273. The molecule has 0 fully saturated rings. The molecule has 0 radical (unpaired) electrons. The number of aliphatic hydroxyl groups is 2. The van der Waals surface area contributed by atoms with Crippen LogP contribution >= 0.6 is 0 Å². The summed E-state index contributed by atoms with van der Waals surface area (Å²) in [6, 6.07) is 7.96. The molecule has 104 valence electrons. The highest BCUT2D eigenvalue weighted by Gasteiger charge is 2.41. The Morgan fingerprint density at radius 2 is 1.58 bits per heavy atom. The van der Waals surface area contributed by atoms with Gasteiger partial charge >= 0.3 is 12.2 Å². The molecule has 6 N–H and O–H groups in total. The second kappa shape index (κ2) is 6.03. The largest absolute Gasteiger partial charge is 0.465 e. The molecule has 0 bridgehead atoms. The number of hydrogen-bond acceptors (Lipinski definition) is 4. The Hall–Kier alpha value is -2.32. The van der Waals surface area contributed by atoms with Crippen molar-refractivity contribution in [2.24, 2.45) is 0 Å². The molecule has 1 aromatic carbocycles. The van der Waals surface area contributed by atoms with E-state index in [4.69, 9.17) is 10.2 Å². The lowest BCUT2D eigenvalue weighted by Gasteiger charge is -2.34. The van der Waals surface area contributed by atoms with E-state index in [1.54, 1.807) is 28.8 Å². The Balaban J connectivity index is 3.12. The van der Waals surface area contributed by atoms with Crippen LogP contribution < -0.4 is 10.6 Å². The lowest BCUT2D eigenvalue weighted by molar-refractivity contribution is -0.0533. The standard InChI is InChI=1S/C11H14N2O6/c14-6-8(7-4-2-1-3-5-7)11(19,12-9(15)16)13-10(17)18/h1-5,8,12-14,19H,6H2,(H,15,16)(H,17,18). The van der Waals surface area contributed by atoms with Gasteiger partial charge in [0.05, 0.1) is 12.5 Å². The van der Waals surface area contributed by atoms with Gasteiger partial charge in [-0.1, -0.05) is 30.3 Å². The van der Waals surface area contributed by atoms with E-state index < -0.39 is 30.6 Å². The second-order valence-corrected chi connectivity index (χ2v) is 3.77. The molecule has 0 aliphatic heterocycles. The van der Waals surface area contributed by atoms with E-state index in [1.807, 2.05) is 0 Å². The third kappa shape index (κ3) is 3.83. The van der Waals surface area contributed by atoms with Crippen molar-refractivity contribution in [3.8, 4) is 0 Å². The van der Waals surface area contributed by atoms with Crippen LogP contribution in [0.4, 0.5) is 9.59 Å². The van der Waals surface area contributed by atoms with Gasteiger partial charge in [0.1, 0.15) is 0 Å². The number of rotatable bonds is 5. The van der Waals surface area contributed by atoms with Crippen LogP contribution in [0.25, 0.3) is 0 Å². The topological polar surface area (TPSA) is 139 Å². The van der Waals surface area contributed by atoms with Crippen molar-refractivity contribution < 1.29 is 30.0 Å². The summed E-state index contributed by atoms with van der Waals surface area (Å²) in [4.78, 5) is 21.3. The summed E-state index contributed by atoms with van der Waals surface area (Å²) in [5.74, 6) is -3.73. The minimum Gasteiger partial charge on any atom is -0.465 e. The number of nitrogens with one attached hydrogen (secondary N) is 2. The fourth-order valence-corrected chi connectivity index (χ4v) is 1.70. The highest BCUT2D eigenvalue weighted by molar-refractivity contribution is 5.69. The molecule has 1 atom stereocenters. The normalized spacial score (nSPS) is 12.5. The number of hydrogen-bond donors (Lipinski definition) is 6. The molecule has 0 aliphatic carbocycles. The van der Waals surface area contributed by atoms with Crippen LogP contribution in [-0.4, -0.2) is 45.1 Å². The first kappa shape index (κ1) is 14.7. The maximum atomic E-state index is 10.7. The molecular formula is C11H14N2O6. The van der Waals surface area contributed by atoms with Crippen molar-refractivity contribution in [1.82, 2.24) is 10.6 Å². The van der Waals surface area contributed by atoms with E-state index in [9.17, 15) is 19.8 Å². The summed E-state index contributed by atoms with van der Waals surface area (Å²) in [5.41, 5.74) is 0.370. The first-order chi connectivity index (χ1) is 8.89. The predicted octanol–water partition coefficient (Wildman–Crippen LogP) is -0.0562. The average Bonchev–Trinajstić information content (AvgIpc) is 2.28. The quantitative estimate of drug-likeness (QED) is 0.414. The Morgan fingerprint density at radius 1 is 1.11 bits per heavy atom. The van der Waals surface area contributed by atoms with E-state index in [0.29, 0.717) is 5.56 Å². The van der Waals surface area contributed by atoms with E-state index in [1.165, 1.54) is 12.1 Å². The number of carboxylic acid groups (broad SMARTS) is 2. The Kier molecular flexibility index (Phi) is 4.67. The molecule has 0 saturated heterocycles. The lowest BCUT2D eigenvalue weighted by Crippen LogP contribution is -2.64. The van der Waals surface area contributed by atoms with Gasteiger partial charge < -0.3 is 20.4 Å². The van der Waals surface area contributed by atoms with Crippen LogP contribution in [0.1, 0.15) is 11.5 Å². The molecule has 0 aromatic heterocycles. The molecule has 0 spiro atoms. The second-order valence-electron chi connectivity index (χ2n) is 3.77. The highest BCUT2D eigenvalue weighted by atomic mass is 16.4. The number of aliphatic hydroxyl groups excluding tert-OH is 1. The average molecular weight is 270 g/mol. The molecule has 1 rings (SSSR count). The third-order valence-corrected chi connectivity index (χ3v) is 2.48. The Morgan fingerprint density at radius 3 is 1.95 bits per heavy atom. The molecule has 0 saturated carbocycles. The van der Waals surface area contributed by atoms with Gasteiger partial charge in [0.2, 0.25) is 5.85 Å². The van der Waals surface area contributed by atoms with Crippen LogP contribution in [0.5, 0.6) is 0 Å². The molecule has 0 heterocycles. The zero-order chi connectivity index (χ0) is 14.5. The predicted molar refractivity (Wildman–Crippen MR) is 63.5 cm³/mol. The van der Waals surface area contributed by atoms with Gasteiger partial charge in [-0.2, -0.15) is 0 Å². The van der Waals surface area contributed by atoms with E-state index in [2.05, 4.69) is 0 Å². The van der Waals surface area contributed by atoms with Gasteiger partial charge in [0.15, 0.2) is 0 Å². The minimum atomic E-state index is -2.53. The summed E-state index contributed by atoms with van der Waals surface area (Å²) in [7, 11) is 0. The minimum absolute atomic E-state index is 0.370. The molecule has 8 heteroatoms. The first-order valence-corrected chi connectivity index (χ1v) is 5.29. The summed E-state index contributed by atoms with van der Waals surface area (Å²) >= 11 is 0. The third-order valence-electron chi connectivity index (χ3n) is 2.48. The number of amides is 2. The fourth-order valence-electron chi connectivity index (χ4n) is 1.70. The van der Waals surface area contributed by atoms with Crippen molar-refractivity contribution in [1.29, 1.82) is 0 Å². The van der Waals surface area contributed by atoms with Crippen LogP contribution in [-0.2, 0) is 0 Å². The zero-order valence-corrected chi connectivity index (χ0v) is 9.78. The van der Waals surface area contributed by atoms with Crippen molar-refractivity contribution in [3.05, 3.63) is 35.9 Å². The number of benzene rings is 1. The van der Waals surface area contributed by atoms with Gasteiger partial charge in [0, 0.05) is 0 Å². The highest BCUT2D eigenvalue weighted by Crippen LogP contribution is 2.24. The number of carbonyl (C=O) groups is 2. The molecule has 19 heavy (non-hydrogen) atoms. The van der Waals surface area contributed by atoms with Gasteiger partial charge in [-0.05, 0) is 5.56 Å². The summed E-state index contributed by atoms with van der Waals surface area (Å²) in [5, 5.41) is 40.1. The lowest BCUT2D eigenvalue weighted by atomic mass is 9.94. The Bertz CT molecular complexity index is 434. The maximum absolute atomic E-state index is 10.7. The van der Waals surface area contributed by atoms with Crippen LogP contribution in [0.2, 0.25) is 0 Å². The van der Waals surface area contributed by atoms with Crippen LogP contribution in [0.15, 0.2) is 30.3 Å². The van der Waals surface area contributed by atoms with Crippen LogP contribution in [0, 0.1) is 0 Å². The molecular weight excluding hydrogens is 256 g/mol.